The Kier molecular flexibility index (Phi) is 6.00. The number of ether oxygens (including phenoxy) is 1. The summed E-state index contributed by atoms with van der Waals surface area (Å²) in [4.78, 5) is 12.9. The number of hydrogen-bond donors (Lipinski definition) is 1. The number of anilines is 1. The van der Waals surface area contributed by atoms with E-state index >= 15 is 0 Å². The van der Waals surface area contributed by atoms with Crippen molar-refractivity contribution in [2.45, 2.75) is 26.9 Å². The van der Waals surface area contributed by atoms with Crippen LogP contribution in [0.1, 0.15) is 25.3 Å². The highest BCUT2D eigenvalue weighted by Gasteiger charge is 2.19. The number of carboxylic acid groups (broad SMARTS) is 1. The molecule has 1 unspecified atom stereocenters. The molecule has 0 aliphatic rings. The van der Waals surface area contributed by atoms with Crippen molar-refractivity contribution in [3.8, 4) is 0 Å². The highest BCUT2D eigenvalue weighted by Crippen LogP contribution is 2.22. The fourth-order valence-electron chi connectivity index (χ4n) is 1.50. The summed E-state index contributed by atoms with van der Waals surface area (Å²) in [5, 5.41) is 18.6. The molecule has 1 atom stereocenters. The average Bonchev–Trinajstić information content (AvgIpc) is 2.77. The first-order valence-corrected chi connectivity index (χ1v) is 6.69. The van der Waals surface area contributed by atoms with Gasteiger partial charge in [0, 0.05) is 20.2 Å². The molecular weight excluding hydrogens is 254 g/mol. The normalized spacial score (nSPS) is 12.4. The van der Waals surface area contributed by atoms with E-state index in [-0.39, 0.29) is 0 Å². The lowest BCUT2D eigenvalue weighted by Gasteiger charge is -2.22. The van der Waals surface area contributed by atoms with Gasteiger partial charge in [-0.25, -0.2) is 0 Å². The number of aromatic nitrogens is 2. The van der Waals surface area contributed by atoms with Crippen LogP contribution in [0.4, 0.5) is 5.13 Å². The zero-order chi connectivity index (χ0) is 13.5. The molecular formula is C11H19N3O3S. The van der Waals surface area contributed by atoms with Gasteiger partial charge in [-0.3, -0.25) is 4.79 Å². The fourth-order valence-corrected chi connectivity index (χ4v) is 2.34. The first-order valence-electron chi connectivity index (χ1n) is 5.87. The molecule has 1 aromatic heterocycles. The lowest BCUT2D eigenvalue weighted by Crippen LogP contribution is -2.32. The molecule has 0 radical (unpaired) electrons. The standard InChI is InChI=1S/C11H19N3O3S/c1-4-5-14(6-8(2)10(15)16)11-13-12-9(18-11)7-17-3/h8H,4-7H2,1-3H3,(H,15,16). The Balaban J connectivity index is 2.73. The van der Waals surface area contributed by atoms with Crippen LogP contribution in [0.5, 0.6) is 0 Å². The molecule has 0 amide bonds. The Morgan fingerprint density at radius 1 is 1.56 bits per heavy atom. The SMILES string of the molecule is CCCN(CC(C)C(=O)O)c1nnc(COC)s1. The number of rotatable bonds is 8. The molecule has 18 heavy (non-hydrogen) atoms. The predicted molar refractivity (Wildman–Crippen MR) is 69.9 cm³/mol. The van der Waals surface area contributed by atoms with Crippen LogP contribution >= 0.6 is 11.3 Å². The van der Waals surface area contributed by atoms with Gasteiger partial charge >= 0.3 is 5.97 Å². The molecule has 1 rings (SSSR count). The minimum absolute atomic E-state index is 0.425. The Morgan fingerprint density at radius 2 is 2.28 bits per heavy atom. The number of carbonyl (C=O) groups is 1. The fraction of sp³-hybridized carbons (Fsp3) is 0.727. The van der Waals surface area contributed by atoms with E-state index in [1.54, 1.807) is 14.0 Å². The van der Waals surface area contributed by atoms with Crippen LogP contribution in [0.3, 0.4) is 0 Å². The summed E-state index contributed by atoms with van der Waals surface area (Å²) in [6.45, 7) is 5.41. The van der Waals surface area contributed by atoms with Crippen molar-refractivity contribution >= 4 is 22.4 Å². The number of carboxylic acids is 1. The average molecular weight is 273 g/mol. The van der Waals surface area contributed by atoms with Crippen LogP contribution in [0.25, 0.3) is 0 Å². The molecule has 1 aromatic rings. The van der Waals surface area contributed by atoms with Crippen LogP contribution in [0.15, 0.2) is 0 Å². The maximum absolute atomic E-state index is 10.9. The van der Waals surface area contributed by atoms with Gasteiger partial charge in [0.25, 0.3) is 0 Å². The van der Waals surface area contributed by atoms with E-state index in [0.717, 1.165) is 23.1 Å². The van der Waals surface area contributed by atoms with Crippen molar-refractivity contribution in [1.29, 1.82) is 0 Å². The van der Waals surface area contributed by atoms with E-state index in [4.69, 9.17) is 9.84 Å². The van der Waals surface area contributed by atoms with Crippen molar-refractivity contribution in [2.24, 2.45) is 5.92 Å². The third kappa shape index (κ3) is 4.23. The summed E-state index contributed by atoms with van der Waals surface area (Å²) in [7, 11) is 1.61. The number of aliphatic carboxylic acids is 1. The van der Waals surface area contributed by atoms with Gasteiger partial charge in [-0.05, 0) is 6.42 Å². The third-order valence-corrected chi connectivity index (χ3v) is 3.36. The maximum atomic E-state index is 10.9. The summed E-state index contributed by atoms with van der Waals surface area (Å²) in [6.07, 6.45) is 0.936. The van der Waals surface area contributed by atoms with Crippen molar-refractivity contribution < 1.29 is 14.6 Å². The summed E-state index contributed by atoms with van der Waals surface area (Å²) in [5.41, 5.74) is 0. The van der Waals surface area contributed by atoms with Gasteiger partial charge in [-0.1, -0.05) is 25.2 Å². The van der Waals surface area contributed by atoms with Crippen LogP contribution in [-0.4, -0.2) is 41.5 Å². The van der Waals surface area contributed by atoms with Gasteiger partial charge in [0.05, 0.1) is 5.92 Å². The van der Waals surface area contributed by atoms with Crippen LogP contribution < -0.4 is 4.90 Å². The third-order valence-electron chi connectivity index (χ3n) is 2.40. The van der Waals surface area contributed by atoms with Gasteiger partial charge in [0.1, 0.15) is 11.6 Å². The minimum atomic E-state index is -0.794. The quantitative estimate of drug-likeness (QED) is 0.775. The van der Waals surface area contributed by atoms with Gasteiger partial charge in [0.2, 0.25) is 5.13 Å². The summed E-state index contributed by atoms with van der Waals surface area (Å²) in [5.74, 6) is -1.22. The number of methoxy groups -OCH3 is 1. The van der Waals surface area contributed by atoms with Crippen LogP contribution in [0, 0.1) is 5.92 Å². The molecule has 0 saturated heterocycles. The van der Waals surface area contributed by atoms with E-state index in [2.05, 4.69) is 17.1 Å². The molecule has 1 heterocycles. The Bertz CT molecular complexity index is 383. The second kappa shape index (κ2) is 7.27. The van der Waals surface area contributed by atoms with E-state index < -0.39 is 11.9 Å². The van der Waals surface area contributed by atoms with Crippen molar-refractivity contribution in [1.82, 2.24) is 10.2 Å². The zero-order valence-corrected chi connectivity index (χ0v) is 11.7. The van der Waals surface area contributed by atoms with Crippen molar-refractivity contribution in [2.75, 3.05) is 25.1 Å². The van der Waals surface area contributed by atoms with Crippen LogP contribution in [-0.2, 0) is 16.1 Å². The summed E-state index contributed by atoms with van der Waals surface area (Å²) < 4.78 is 5.00. The lowest BCUT2D eigenvalue weighted by molar-refractivity contribution is -0.140. The molecule has 0 saturated carbocycles. The molecule has 6 nitrogen and oxygen atoms in total. The first kappa shape index (κ1) is 14.8. The number of nitrogens with zero attached hydrogens (tertiary/aromatic N) is 3. The lowest BCUT2D eigenvalue weighted by atomic mass is 10.2. The van der Waals surface area contributed by atoms with Gasteiger partial charge in [-0.2, -0.15) is 0 Å². The molecule has 0 aliphatic heterocycles. The molecule has 0 aliphatic carbocycles. The van der Waals surface area contributed by atoms with Gasteiger partial charge < -0.3 is 14.7 Å². The molecule has 7 heteroatoms. The molecule has 0 fully saturated rings. The van der Waals surface area contributed by atoms with Gasteiger partial charge in [-0.15, -0.1) is 10.2 Å². The maximum Gasteiger partial charge on any atom is 0.308 e. The second-order valence-corrected chi connectivity index (χ2v) is 5.14. The molecule has 102 valence electrons. The highest BCUT2D eigenvalue weighted by atomic mass is 32.1. The Morgan fingerprint density at radius 3 is 2.83 bits per heavy atom. The topological polar surface area (TPSA) is 75.6 Å². The highest BCUT2D eigenvalue weighted by molar-refractivity contribution is 7.15. The molecule has 0 aromatic carbocycles. The number of hydrogen-bond acceptors (Lipinski definition) is 6. The monoisotopic (exact) mass is 273 g/mol. The van der Waals surface area contributed by atoms with E-state index in [0.29, 0.717) is 13.2 Å². The predicted octanol–water partition coefficient (Wildman–Crippen LogP) is 1.62. The van der Waals surface area contributed by atoms with Crippen molar-refractivity contribution in [3.05, 3.63) is 5.01 Å². The second-order valence-electron chi connectivity index (χ2n) is 4.10. The summed E-state index contributed by atoms with van der Waals surface area (Å²) in [6, 6.07) is 0. The smallest absolute Gasteiger partial charge is 0.308 e. The molecule has 1 N–H and O–H groups in total. The van der Waals surface area contributed by atoms with Gasteiger partial charge in [0.15, 0.2) is 0 Å². The molecule has 0 bridgehead atoms. The van der Waals surface area contributed by atoms with E-state index in [1.165, 1.54) is 11.3 Å². The zero-order valence-electron chi connectivity index (χ0n) is 10.9. The van der Waals surface area contributed by atoms with E-state index in [9.17, 15) is 4.79 Å². The van der Waals surface area contributed by atoms with Crippen LogP contribution in [0.2, 0.25) is 0 Å². The Labute approximate surface area is 111 Å². The molecule has 0 spiro atoms. The van der Waals surface area contributed by atoms with E-state index in [1.807, 2.05) is 4.90 Å². The Hall–Kier alpha value is -1.21. The summed E-state index contributed by atoms with van der Waals surface area (Å²) >= 11 is 1.44. The largest absolute Gasteiger partial charge is 0.481 e. The van der Waals surface area contributed by atoms with Crippen molar-refractivity contribution in [3.63, 3.8) is 0 Å². The minimum Gasteiger partial charge on any atom is -0.481 e. The first-order chi connectivity index (χ1) is 8.58.